The standard InChI is InChI=1S/C15H17F3N4O/c16-15(17,18)11-5-6-12-20-21-13(22(12)9-11)8-19-14(23)7-10-3-1-2-4-10/h5-6,9-10H,1-4,7-8H2,(H,19,23). The molecule has 0 bridgehead atoms. The number of carbonyl (C=O) groups is 1. The van der Waals surface area contributed by atoms with Crippen LogP contribution < -0.4 is 5.32 Å². The fourth-order valence-electron chi connectivity index (χ4n) is 2.95. The summed E-state index contributed by atoms with van der Waals surface area (Å²) >= 11 is 0. The van der Waals surface area contributed by atoms with Gasteiger partial charge < -0.3 is 5.32 Å². The summed E-state index contributed by atoms with van der Waals surface area (Å²) in [5.41, 5.74) is -0.457. The van der Waals surface area contributed by atoms with Crippen LogP contribution in [0.5, 0.6) is 0 Å². The number of fused-ring (bicyclic) bond motifs is 1. The van der Waals surface area contributed by atoms with Crippen molar-refractivity contribution in [3.05, 3.63) is 29.7 Å². The Morgan fingerprint density at radius 3 is 2.70 bits per heavy atom. The van der Waals surface area contributed by atoms with Gasteiger partial charge >= 0.3 is 6.18 Å². The average molecular weight is 326 g/mol. The molecule has 5 nitrogen and oxygen atoms in total. The van der Waals surface area contributed by atoms with E-state index in [2.05, 4.69) is 15.5 Å². The molecule has 1 aliphatic carbocycles. The first-order valence-corrected chi connectivity index (χ1v) is 7.61. The molecule has 0 spiro atoms. The number of halogens is 3. The maximum atomic E-state index is 12.8. The second-order valence-electron chi connectivity index (χ2n) is 5.89. The molecule has 1 N–H and O–H groups in total. The maximum absolute atomic E-state index is 12.8. The third kappa shape index (κ3) is 3.62. The fourth-order valence-corrected chi connectivity index (χ4v) is 2.95. The van der Waals surface area contributed by atoms with Gasteiger partial charge in [-0.3, -0.25) is 9.20 Å². The van der Waals surface area contributed by atoms with Crippen molar-refractivity contribution < 1.29 is 18.0 Å². The molecule has 0 unspecified atom stereocenters. The van der Waals surface area contributed by atoms with E-state index in [0.29, 0.717) is 18.0 Å². The number of hydrogen-bond donors (Lipinski definition) is 1. The van der Waals surface area contributed by atoms with Crippen molar-refractivity contribution in [2.24, 2.45) is 5.92 Å². The van der Waals surface area contributed by atoms with E-state index in [0.717, 1.165) is 37.9 Å². The van der Waals surface area contributed by atoms with Gasteiger partial charge in [0.2, 0.25) is 5.91 Å². The molecule has 1 fully saturated rings. The Morgan fingerprint density at radius 1 is 1.26 bits per heavy atom. The quantitative estimate of drug-likeness (QED) is 0.940. The van der Waals surface area contributed by atoms with E-state index in [9.17, 15) is 18.0 Å². The van der Waals surface area contributed by atoms with Crippen LogP contribution in [-0.4, -0.2) is 20.5 Å². The summed E-state index contributed by atoms with van der Waals surface area (Å²) in [6.45, 7) is 0.0635. The van der Waals surface area contributed by atoms with Crippen molar-refractivity contribution in [1.29, 1.82) is 0 Å². The zero-order chi connectivity index (χ0) is 16.4. The van der Waals surface area contributed by atoms with Gasteiger partial charge in [-0.15, -0.1) is 10.2 Å². The molecular weight excluding hydrogens is 309 g/mol. The molecule has 124 valence electrons. The highest BCUT2D eigenvalue weighted by molar-refractivity contribution is 5.76. The van der Waals surface area contributed by atoms with Gasteiger partial charge in [0.15, 0.2) is 11.5 Å². The van der Waals surface area contributed by atoms with E-state index < -0.39 is 11.7 Å². The molecule has 0 saturated heterocycles. The van der Waals surface area contributed by atoms with Gasteiger partial charge in [-0.1, -0.05) is 12.8 Å². The van der Waals surface area contributed by atoms with Crippen molar-refractivity contribution in [2.45, 2.75) is 44.8 Å². The number of amides is 1. The molecule has 2 heterocycles. The molecule has 3 rings (SSSR count). The minimum atomic E-state index is -4.43. The van der Waals surface area contributed by atoms with Crippen LogP contribution in [0.2, 0.25) is 0 Å². The predicted molar refractivity (Wildman–Crippen MR) is 76.4 cm³/mol. The fraction of sp³-hybridized carbons (Fsp3) is 0.533. The number of pyridine rings is 1. The Bertz CT molecular complexity index is 704. The summed E-state index contributed by atoms with van der Waals surface area (Å²) < 4.78 is 39.6. The molecule has 8 heteroatoms. The summed E-state index contributed by atoms with van der Waals surface area (Å²) in [5.74, 6) is 0.605. The first-order valence-electron chi connectivity index (χ1n) is 7.61. The van der Waals surface area contributed by atoms with Crippen LogP contribution in [0.1, 0.15) is 43.5 Å². The Labute approximate surface area is 130 Å². The first-order chi connectivity index (χ1) is 10.9. The smallest absolute Gasteiger partial charge is 0.349 e. The minimum absolute atomic E-state index is 0.0635. The number of alkyl halides is 3. The van der Waals surface area contributed by atoms with Crippen LogP contribution in [0.3, 0.4) is 0 Å². The molecule has 23 heavy (non-hydrogen) atoms. The minimum Gasteiger partial charge on any atom is -0.349 e. The van der Waals surface area contributed by atoms with E-state index in [1.54, 1.807) is 0 Å². The van der Waals surface area contributed by atoms with E-state index in [-0.39, 0.29) is 18.3 Å². The number of rotatable bonds is 4. The van der Waals surface area contributed by atoms with Gasteiger partial charge in [0.05, 0.1) is 12.1 Å². The summed E-state index contributed by atoms with van der Waals surface area (Å²) in [6.07, 6.45) is 1.44. The van der Waals surface area contributed by atoms with Crippen LogP contribution in [0, 0.1) is 5.92 Å². The van der Waals surface area contributed by atoms with E-state index in [4.69, 9.17) is 0 Å². The molecule has 1 aliphatic rings. The lowest BCUT2D eigenvalue weighted by Crippen LogP contribution is -2.25. The second kappa shape index (κ2) is 6.17. The van der Waals surface area contributed by atoms with Crippen molar-refractivity contribution in [3.63, 3.8) is 0 Å². The van der Waals surface area contributed by atoms with Crippen molar-refractivity contribution in [1.82, 2.24) is 19.9 Å². The summed E-state index contributed by atoms with van der Waals surface area (Å²) in [6, 6.07) is 2.23. The Kier molecular flexibility index (Phi) is 4.23. The van der Waals surface area contributed by atoms with Gasteiger partial charge in [-0.05, 0) is 30.9 Å². The molecule has 0 radical (unpaired) electrons. The SMILES string of the molecule is O=C(CC1CCCC1)NCc1nnc2ccc(C(F)(F)F)cn12. The lowest BCUT2D eigenvalue weighted by molar-refractivity contribution is -0.137. The Hall–Kier alpha value is -2.12. The number of carbonyl (C=O) groups excluding carboxylic acids is 1. The predicted octanol–water partition coefficient (Wildman–Crippen LogP) is 2.94. The lowest BCUT2D eigenvalue weighted by atomic mass is 10.0. The summed E-state index contributed by atoms with van der Waals surface area (Å²) in [7, 11) is 0. The summed E-state index contributed by atoms with van der Waals surface area (Å²) in [5, 5.41) is 10.4. The third-order valence-corrected chi connectivity index (χ3v) is 4.19. The van der Waals surface area contributed by atoms with E-state index in [1.165, 1.54) is 10.5 Å². The van der Waals surface area contributed by atoms with Crippen molar-refractivity contribution in [3.8, 4) is 0 Å². The molecule has 0 atom stereocenters. The molecule has 1 amide bonds. The molecular formula is C15H17F3N4O. The molecule has 1 saturated carbocycles. The average Bonchev–Trinajstić information content (AvgIpc) is 3.13. The Balaban J connectivity index is 1.68. The zero-order valence-electron chi connectivity index (χ0n) is 12.4. The van der Waals surface area contributed by atoms with Gasteiger partial charge in [0.25, 0.3) is 0 Å². The van der Waals surface area contributed by atoms with Crippen LogP contribution in [0.15, 0.2) is 18.3 Å². The van der Waals surface area contributed by atoms with Crippen LogP contribution in [-0.2, 0) is 17.5 Å². The molecule has 2 aromatic rings. The number of aromatic nitrogens is 3. The van der Waals surface area contributed by atoms with Crippen LogP contribution in [0.25, 0.3) is 5.65 Å². The van der Waals surface area contributed by atoms with Crippen LogP contribution >= 0.6 is 0 Å². The highest BCUT2D eigenvalue weighted by atomic mass is 19.4. The highest BCUT2D eigenvalue weighted by Gasteiger charge is 2.31. The van der Waals surface area contributed by atoms with E-state index in [1.807, 2.05) is 0 Å². The second-order valence-corrected chi connectivity index (χ2v) is 5.89. The third-order valence-electron chi connectivity index (χ3n) is 4.19. The van der Waals surface area contributed by atoms with Crippen molar-refractivity contribution >= 4 is 11.6 Å². The van der Waals surface area contributed by atoms with E-state index >= 15 is 0 Å². The van der Waals surface area contributed by atoms with Gasteiger partial charge in [0.1, 0.15) is 0 Å². The molecule has 2 aromatic heterocycles. The van der Waals surface area contributed by atoms with Crippen molar-refractivity contribution in [2.75, 3.05) is 0 Å². The van der Waals surface area contributed by atoms with Crippen LogP contribution in [0.4, 0.5) is 13.2 Å². The largest absolute Gasteiger partial charge is 0.417 e. The topological polar surface area (TPSA) is 59.3 Å². The maximum Gasteiger partial charge on any atom is 0.417 e. The first kappa shape index (κ1) is 15.8. The van der Waals surface area contributed by atoms with Gasteiger partial charge in [0, 0.05) is 12.6 Å². The molecule has 0 aliphatic heterocycles. The normalized spacial score (nSPS) is 16.1. The lowest BCUT2D eigenvalue weighted by Gasteiger charge is -2.10. The highest BCUT2D eigenvalue weighted by Crippen LogP contribution is 2.29. The van der Waals surface area contributed by atoms with Gasteiger partial charge in [-0.25, -0.2) is 0 Å². The molecule has 0 aromatic carbocycles. The number of nitrogens with zero attached hydrogens (tertiary/aromatic N) is 3. The summed E-state index contributed by atoms with van der Waals surface area (Å²) in [4.78, 5) is 11.9. The van der Waals surface area contributed by atoms with Gasteiger partial charge in [-0.2, -0.15) is 13.2 Å². The zero-order valence-corrected chi connectivity index (χ0v) is 12.4. The number of hydrogen-bond acceptors (Lipinski definition) is 3. The Morgan fingerprint density at radius 2 is 2.00 bits per heavy atom. The number of nitrogens with one attached hydrogen (secondary N) is 1. The monoisotopic (exact) mass is 326 g/mol.